The van der Waals surface area contributed by atoms with Crippen molar-refractivity contribution in [3.8, 4) is 0 Å². The van der Waals surface area contributed by atoms with Gasteiger partial charge in [0.15, 0.2) is 0 Å². The number of carbonyl (C=O) groups is 2. The molecule has 0 aromatic heterocycles. The maximum Gasteiger partial charge on any atom is 0.265 e. The third-order valence-corrected chi connectivity index (χ3v) is 4.07. The van der Waals surface area contributed by atoms with Crippen LogP contribution in [0.4, 0.5) is 0 Å². The van der Waals surface area contributed by atoms with E-state index in [-0.39, 0.29) is 17.9 Å². The van der Waals surface area contributed by atoms with Crippen molar-refractivity contribution < 1.29 is 9.59 Å². The minimum Gasteiger partial charge on any atom is -0.352 e. The van der Waals surface area contributed by atoms with E-state index in [1.807, 2.05) is 25.1 Å². The summed E-state index contributed by atoms with van der Waals surface area (Å²) < 4.78 is 0. The number of hydrogen-bond acceptors (Lipinski definition) is 3. The zero-order valence-electron chi connectivity index (χ0n) is 13.1. The summed E-state index contributed by atoms with van der Waals surface area (Å²) >= 11 is 0. The van der Waals surface area contributed by atoms with Crippen LogP contribution in [0.25, 0.3) is 0 Å². The molecule has 1 aliphatic carbocycles. The SMILES string of the molecule is CCC(NNC(=O)c1ccccc1)C(=O)NC1CCCCC1. The monoisotopic (exact) mass is 303 g/mol. The summed E-state index contributed by atoms with van der Waals surface area (Å²) in [4.78, 5) is 24.2. The predicted molar refractivity (Wildman–Crippen MR) is 86.1 cm³/mol. The molecule has 0 saturated heterocycles. The zero-order chi connectivity index (χ0) is 15.8. The predicted octanol–water partition coefficient (Wildman–Crippen LogP) is 2.15. The normalized spacial score (nSPS) is 16.8. The molecule has 5 nitrogen and oxygen atoms in total. The summed E-state index contributed by atoms with van der Waals surface area (Å²) in [7, 11) is 0. The van der Waals surface area contributed by atoms with Crippen LogP contribution in [0.3, 0.4) is 0 Å². The quantitative estimate of drug-likeness (QED) is 0.705. The molecule has 1 atom stereocenters. The van der Waals surface area contributed by atoms with E-state index in [1.54, 1.807) is 12.1 Å². The molecule has 5 heteroatoms. The minimum absolute atomic E-state index is 0.0391. The van der Waals surface area contributed by atoms with Crippen molar-refractivity contribution in [3.05, 3.63) is 35.9 Å². The molecule has 0 bridgehead atoms. The molecule has 1 unspecified atom stereocenters. The highest BCUT2D eigenvalue weighted by molar-refractivity contribution is 5.94. The van der Waals surface area contributed by atoms with Crippen molar-refractivity contribution in [2.75, 3.05) is 0 Å². The second-order valence-electron chi connectivity index (χ2n) is 5.77. The Morgan fingerprint density at radius 2 is 1.82 bits per heavy atom. The van der Waals surface area contributed by atoms with Crippen molar-refractivity contribution >= 4 is 11.8 Å². The van der Waals surface area contributed by atoms with Crippen LogP contribution < -0.4 is 16.2 Å². The molecule has 2 amide bonds. The second-order valence-corrected chi connectivity index (χ2v) is 5.77. The van der Waals surface area contributed by atoms with Gasteiger partial charge in [0, 0.05) is 11.6 Å². The third kappa shape index (κ3) is 4.84. The number of hydrogen-bond donors (Lipinski definition) is 3. The number of nitrogens with one attached hydrogen (secondary N) is 3. The Labute approximate surface area is 131 Å². The minimum atomic E-state index is -0.408. The van der Waals surface area contributed by atoms with E-state index < -0.39 is 6.04 Å². The Kier molecular flexibility index (Phi) is 6.40. The molecule has 2 rings (SSSR count). The number of benzene rings is 1. The van der Waals surface area contributed by atoms with E-state index in [0.29, 0.717) is 12.0 Å². The molecular formula is C17H25N3O2. The molecule has 1 aromatic carbocycles. The van der Waals surface area contributed by atoms with Crippen LogP contribution in [-0.4, -0.2) is 23.9 Å². The van der Waals surface area contributed by atoms with Crippen molar-refractivity contribution in [1.82, 2.24) is 16.2 Å². The van der Waals surface area contributed by atoms with Crippen molar-refractivity contribution in [1.29, 1.82) is 0 Å². The Hall–Kier alpha value is -1.88. The first-order chi connectivity index (χ1) is 10.7. The lowest BCUT2D eigenvalue weighted by atomic mass is 9.95. The Bertz CT molecular complexity index is 484. The molecule has 3 N–H and O–H groups in total. The Morgan fingerprint density at radius 1 is 1.14 bits per heavy atom. The lowest BCUT2D eigenvalue weighted by molar-refractivity contribution is -0.124. The first kappa shape index (κ1) is 16.5. The van der Waals surface area contributed by atoms with E-state index in [2.05, 4.69) is 16.2 Å². The molecule has 22 heavy (non-hydrogen) atoms. The average molecular weight is 303 g/mol. The largest absolute Gasteiger partial charge is 0.352 e. The van der Waals surface area contributed by atoms with Crippen LogP contribution in [0.5, 0.6) is 0 Å². The fourth-order valence-corrected chi connectivity index (χ4v) is 2.72. The molecule has 1 fully saturated rings. The van der Waals surface area contributed by atoms with Crippen molar-refractivity contribution in [2.24, 2.45) is 0 Å². The van der Waals surface area contributed by atoms with Gasteiger partial charge in [0.25, 0.3) is 5.91 Å². The fourth-order valence-electron chi connectivity index (χ4n) is 2.72. The first-order valence-corrected chi connectivity index (χ1v) is 8.12. The van der Waals surface area contributed by atoms with Gasteiger partial charge in [-0.1, -0.05) is 44.4 Å². The lowest BCUT2D eigenvalue weighted by Crippen LogP contribution is -2.53. The van der Waals surface area contributed by atoms with Crippen LogP contribution in [0, 0.1) is 0 Å². The fraction of sp³-hybridized carbons (Fsp3) is 0.529. The van der Waals surface area contributed by atoms with Gasteiger partial charge in [0.05, 0.1) is 0 Å². The maximum atomic E-state index is 12.3. The van der Waals surface area contributed by atoms with Gasteiger partial charge in [-0.2, -0.15) is 0 Å². The zero-order valence-corrected chi connectivity index (χ0v) is 13.1. The summed E-state index contributed by atoms with van der Waals surface area (Å²) in [5.74, 6) is -0.271. The van der Waals surface area contributed by atoms with Gasteiger partial charge in [-0.05, 0) is 31.4 Å². The van der Waals surface area contributed by atoms with E-state index in [1.165, 1.54) is 19.3 Å². The molecule has 0 spiro atoms. The Morgan fingerprint density at radius 3 is 2.45 bits per heavy atom. The van der Waals surface area contributed by atoms with E-state index in [4.69, 9.17) is 0 Å². The summed E-state index contributed by atoms with van der Waals surface area (Å²) in [5, 5.41) is 3.08. The molecule has 120 valence electrons. The van der Waals surface area contributed by atoms with Gasteiger partial charge in [0.2, 0.25) is 5.91 Å². The van der Waals surface area contributed by atoms with E-state index in [9.17, 15) is 9.59 Å². The summed E-state index contributed by atoms with van der Waals surface area (Å²) in [6.07, 6.45) is 6.35. The van der Waals surface area contributed by atoms with Gasteiger partial charge in [-0.25, -0.2) is 5.43 Å². The molecule has 0 radical (unpaired) electrons. The van der Waals surface area contributed by atoms with Gasteiger partial charge in [-0.15, -0.1) is 0 Å². The Balaban J connectivity index is 1.80. The number of amides is 2. The van der Waals surface area contributed by atoms with Gasteiger partial charge in [-0.3, -0.25) is 15.0 Å². The van der Waals surface area contributed by atoms with Crippen molar-refractivity contribution in [3.63, 3.8) is 0 Å². The number of rotatable bonds is 6. The van der Waals surface area contributed by atoms with E-state index >= 15 is 0 Å². The molecule has 1 aliphatic rings. The van der Waals surface area contributed by atoms with Crippen LogP contribution in [0.15, 0.2) is 30.3 Å². The first-order valence-electron chi connectivity index (χ1n) is 8.12. The number of hydrazine groups is 1. The van der Waals surface area contributed by atoms with Gasteiger partial charge < -0.3 is 5.32 Å². The molecule has 0 aliphatic heterocycles. The molecule has 1 aromatic rings. The maximum absolute atomic E-state index is 12.3. The third-order valence-electron chi connectivity index (χ3n) is 4.07. The average Bonchev–Trinajstić information content (AvgIpc) is 2.57. The smallest absolute Gasteiger partial charge is 0.265 e. The summed E-state index contributed by atoms with van der Waals surface area (Å²) in [5.41, 5.74) is 6.03. The van der Waals surface area contributed by atoms with Crippen LogP contribution in [0.1, 0.15) is 55.8 Å². The highest BCUT2D eigenvalue weighted by Crippen LogP contribution is 2.17. The molecular weight excluding hydrogens is 278 g/mol. The lowest BCUT2D eigenvalue weighted by Gasteiger charge is -2.25. The summed E-state index contributed by atoms with van der Waals surface area (Å²) in [6, 6.07) is 8.82. The molecule has 0 heterocycles. The molecule has 1 saturated carbocycles. The topological polar surface area (TPSA) is 70.2 Å². The summed E-state index contributed by atoms with van der Waals surface area (Å²) in [6.45, 7) is 1.92. The standard InChI is InChI=1S/C17H25N3O2/c1-2-15(17(22)18-14-11-7-4-8-12-14)19-20-16(21)13-9-5-3-6-10-13/h3,5-6,9-10,14-15,19H,2,4,7-8,11-12H2,1H3,(H,18,22)(H,20,21). The number of carbonyl (C=O) groups excluding carboxylic acids is 2. The van der Waals surface area contributed by atoms with Crippen LogP contribution in [0.2, 0.25) is 0 Å². The van der Waals surface area contributed by atoms with Gasteiger partial charge >= 0.3 is 0 Å². The highest BCUT2D eigenvalue weighted by Gasteiger charge is 2.21. The van der Waals surface area contributed by atoms with Crippen LogP contribution >= 0.6 is 0 Å². The highest BCUT2D eigenvalue weighted by atomic mass is 16.2. The van der Waals surface area contributed by atoms with Crippen LogP contribution in [-0.2, 0) is 4.79 Å². The van der Waals surface area contributed by atoms with Crippen molar-refractivity contribution in [2.45, 2.75) is 57.5 Å². The van der Waals surface area contributed by atoms with E-state index in [0.717, 1.165) is 12.8 Å². The second kappa shape index (κ2) is 8.54. The van der Waals surface area contributed by atoms with Gasteiger partial charge in [0.1, 0.15) is 6.04 Å².